The Kier molecular flexibility index (Phi) is 3.66. The Morgan fingerprint density at radius 1 is 1.40 bits per heavy atom. The van der Waals surface area contributed by atoms with Crippen molar-refractivity contribution in [3.63, 3.8) is 0 Å². The number of aryl methyl sites for hydroxylation is 1. The van der Waals surface area contributed by atoms with E-state index in [2.05, 4.69) is 5.32 Å². The van der Waals surface area contributed by atoms with E-state index in [-0.39, 0.29) is 18.0 Å². The van der Waals surface area contributed by atoms with Crippen LogP contribution in [0.1, 0.15) is 26.3 Å². The van der Waals surface area contributed by atoms with Gasteiger partial charge in [-0.3, -0.25) is 9.59 Å². The van der Waals surface area contributed by atoms with Crippen molar-refractivity contribution in [2.75, 3.05) is 7.05 Å². The molecule has 0 atom stereocenters. The highest BCUT2D eigenvalue weighted by Gasteiger charge is 2.10. The molecule has 0 spiro atoms. The molecule has 0 saturated heterocycles. The Hall–Kier alpha value is -1.58. The summed E-state index contributed by atoms with van der Waals surface area (Å²) >= 11 is 0. The summed E-state index contributed by atoms with van der Waals surface area (Å²) in [7, 11) is 6.81. The maximum atomic E-state index is 11.4. The molecule has 3 nitrogen and oxygen atoms in total. The quantitative estimate of drug-likeness (QED) is 0.588. The Bertz CT molecular complexity index is 402. The van der Waals surface area contributed by atoms with Gasteiger partial charge in [0.05, 0.1) is 7.85 Å². The number of hydrogen-bond donors (Lipinski definition) is 1. The molecular weight excluding hydrogens is 189 g/mol. The largest absolute Gasteiger partial charge is 0.355 e. The summed E-state index contributed by atoms with van der Waals surface area (Å²) in [5.74, 6) is -0.362. The highest BCUT2D eigenvalue weighted by molar-refractivity contribution is 6.24. The van der Waals surface area contributed by atoms with Crippen LogP contribution in [-0.4, -0.2) is 26.6 Å². The fourth-order valence-corrected chi connectivity index (χ4v) is 1.29. The van der Waals surface area contributed by atoms with E-state index in [9.17, 15) is 9.59 Å². The van der Waals surface area contributed by atoms with Gasteiger partial charge in [-0.2, -0.15) is 0 Å². The van der Waals surface area contributed by atoms with Crippen LogP contribution in [0.2, 0.25) is 6.32 Å². The molecule has 0 bridgehead atoms. The molecule has 0 aliphatic rings. The smallest absolute Gasteiger partial charge is 0.251 e. The predicted molar refractivity (Wildman–Crippen MR) is 59.5 cm³/mol. The molecule has 1 aromatic rings. The van der Waals surface area contributed by atoms with Gasteiger partial charge >= 0.3 is 0 Å². The first-order valence-electron chi connectivity index (χ1n) is 4.66. The SMILES string of the molecule is [B]CC(=O)c1ccc(C)c(C(=O)NC)c1. The molecule has 76 valence electrons. The minimum atomic E-state index is -0.195. The minimum Gasteiger partial charge on any atom is -0.355 e. The normalized spacial score (nSPS) is 9.73. The van der Waals surface area contributed by atoms with E-state index in [1.54, 1.807) is 25.2 Å². The van der Waals surface area contributed by atoms with Crippen molar-refractivity contribution in [1.29, 1.82) is 0 Å². The zero-order valence-electron chi connectivity index (χ0n) is 8.83. The van der Waals surface area contributed by atoms with Crippen LogP contribution in [0.3, 0.4) is 0 Å². The third kappa shape index (κ3) is 2.46. The standard InChI is InChI=1S/C11H12BNO2/c1-7-3-4-8(10(14)6-12)5-9(7)11(15)13-2/h3-5H,6H2,1-2H3,(H,13,15). The van der Waals surface area contributed by atoms with Gasteiger partial charge in [0.2, 0.25) is 0 Å². The molecule has 1 rings (SSSR count). The lowest BCUT2D eigenvalue weighted by atomic mass is 9.93. The second kappa shape index (κ2) is 4.78. The molecule has 1 aromatic carbocycles. The summed E-state index contributed by atoms with van der Waals surface area (Å²) in [6, 6.07) is 4.99. The van der Waals surface area contributed by atoms with Crippen molar-refractivity contribution in [2.24, 2.45) is 0 Å². The zero-order chi connectivity index (χ0) is 11.4. The van der Waals surface area contributed by atoms with Crippen LogP contribution in [0.15, 0.2) is 18.2 Å². The van der Waals surface area contributed by atoms with Crippen molar-refractivity contribution in [3.05, 3.63) is 34.9 Å². The number of hydrogen-bond acceptors (Lipinski definition) is 2. The number of nitrogens with one attached hydrogen (secondary N) is 1. The third-order valence-electron chi connectivity index (χ3n) is 2.22. The minimum absolute atomic E-state index is 0.0454. The van der Waals surface area contributed by atoms with E-state index < -0.39 is 0 Å². The molecule has 0 aromatic heterocycles. The number of carbonyl (C=O) groups excluding carboxylic acids is 2. The van der Waals surface area contributed by atoms with Crippen LogP contribution in [0, 0.1) is 6.92 Å². The Morgan fingerprint density at radius 2 is 2.07 bits per heavy atom. The van der Waals surface area contributed by atoms with Crippen LogP contribution >= 0.6 is 0 Å². The summed E-state index contributed by atoms with van der Waals surface area (Å²) < 4.78 is 0. The second-order valence-corrected chi connectivity index (χ2v) is 3.24. The average Bonchev–Trinajstić information content (AvgIpc) is 2.27. The van der Waals surface area contributed by atoms with E-state index in [1.807, 2.05) is 6.92 Å². The third-order valence-corrected chi connectivity index (χ3v) is 2.22. The first-order chi connectivity index (χ1) is 7.10. The zero-order valence-corrected chi connectivity index (χ0v) is 8.83. The summed E-state index contributed by atoms with van der Waals surface area (Å²) in [6.45, 7) is 1.82. The number of Topliss-reactive ketones (excluding diaryl/α,β-unsaturated/α-hetero) is 1. The van der Waals surface area contributed by atoms with Gasteiger partial charge in [-0.15, -0.1) is 0 Å². The summed E-state index contributed by atoms with van der Waals surface area (Å²) in [5.41, 5.74) is 1.82. The first-order valence-corrected chi connectivity index (χ1v) is 4.66. The van der Waals surface area contributed by atoms with Crippen LogP contribution in [0.25, 0.3) is 0 Å². The van der Waals surface area contributed by atoms with Crippen LogP contribution < -0.4 is 5.32 Å². The fraction of sp³-hybridized carbons (Fsp3) is 0.273. The van der Waals surface area contributed by atoms with Crippen molar-refractivity contribution < 1.29 is 9.59 Å². The van der Waals surface area contributed by atoms with Gasteiger partial charge in [0, 0.05) is 18.2 Å². The van der Waals surface area contributed by atoms with Crippen molar-refractivity contribution >= 4 is 19.5 Å². The highest BCUT2D eigenvalue weighted by atomic mass is 16.1. The molecule has 0 fully saturated rings. The fourth-order valence-electron chi connectivity index (χ4n) is 1.29. The molecule has 0 saturated carbocycles. The lowest BCUT2D eigenvalue weighted by Crippen LogP contribution is -2.19. The monoisotopic (exact) mass is 201 g/mol. The predicted octanol–water partition coefficient (Wildman–Crippen LogP) is 1.12. The lowest BCUT2D eigenvalue weighted by Gasteiger charge is -2.06. The molecule has 0 aliphatic carbocycles. The van der Waals surface area contributed by atoms with Gasteiger partial charge in [-0.1, -0.05) is 12.1 Å². The van der Waals surface area contributed by atoms with E-state index in [1.165, 1.54) is 0 Å². The van der Waals surface area contributed by atoms with Crippen LogP contribution in [-0.2, 0) is 0 Å². The van der Waals surface area contributed by atoms with E-state index in [0.29, 0.717) is 11.1 Å². The van der Waals surface area contributed by atoms with E-state index in [0.717, 1.165) is 5.56 Å². The Balaban J connectivity index is 3.16. The molecule has 0 aliphatic heterocycles. The number of ketones is 1. The number of amides is 1. The van der Waals surface area contributed by atoms with Gasteiger partial charge in [0.25, 0.3) is 5.91 Å². The molecule has 4 heteroatoms. The first kappa shape index (κ1) is 11.5. The van der Waals surface area contributed by atoms with E-state index in [4.69, 9.17) is 7.85 Å². The summed E-state index contributed by atoms with van der Waals surface area (Å²) in [6.07, 6.45) is -0.0454. The summed E-state index contributed by atoms with van der Waals surface area (Å²) in [4.78, 5) is 22.8. The lowest BCUT2D eigenvalue weighted by molar-refractivity contribution is 0.0962. The maximum Gasteiger partial charge on any atom is 0.251 e. The molecule has 2 radical (unpaired) electrons. The topological polar surface area (TPSA) is 46.2 Å². The molecule has 1 N–H and O–H groups in total. The summed E-state index contributed by atoms with van der Waals surface area (Å²) in [5, 5.41) is 2.52. The second-order valence-electron chi connectivity index (χ2n) is 3.24. The van der Waals surface area contributed by atoms with Gasteiger partial charge in [-0.25, -0.2) is 0 Å². The maximum absolute atomic E-state index is 11.4. The Morgan fingerprint density at radius 3 is 2.60 bits per heavy atom. The number of rotatable bonds is 3. The number of carbonyl (C=O) groups is 2. The van der Waals surface area contributed by atoms with Gasteiger partial charge in [0.15, 0.2) is 5.78 Å². The van der Waals surface area contributed by atoms with Gasteiger partial charge in [0.1, 0.15) is 0 Å². The average molecular weight is 201 g/mol. The van der Waals surface area contributed by atoms with Gasteiger partial charge in [-0.05, 0) is 24.9 Å². The Labute approximate surface area is 90.3 Å². The van der Waals surface area contributed by atoms with Crippen LogP contribution in [0.4, 0.5) is 0 Å². The molecule has 15 heavy (non-hydrogen) atoms. The molecular formula is C11H12BNO2. The van der Waals surface area contributed by atoms with Gasteiger partial charge < -0.3 is 5.32 Å². The van der Waals surface area contributed by atoms with Crippen LogP contribution in [0.5, 0.6) is 0 Å². The molecule has 0 unspecified atom stereocenters. The number of benzene rings is 1. The van der Waals surface area contributed by atoms with Crippen molar-refractivity contribution in [1.82, 2.24) is 5.32 Å². The molecule has 0 heterocycles. The molecule has 1 amide bonds. The van der Waals surface area contributed by atoms with E-state index >= 15 is 0 Å². The van der Waals surface area contributed by atoms with Crippen molar-refractivity contribution in [3.8, 4) is 0 Å². The van der Waals surface area contributed by atoms with Crippen molar-refractivity contribution in [2.45, 2.75) is 13.2 Å². The highest BCUT2D eigenvalue weighted by Crippen LogP contribution is 2.12.